The van der Waals surface area contributed by atoms with Gasteiger partial charge in [-0.3, -0.25) is 4.79 Å². The van der Waals surface area contributed by atoms with Crippen molar-refractivity contribution in [3.63, 3.8) is 0 Å². The smallest absolute Gasteiger partial charge is 0.246 e. The molecule has 0 spiro atoms. The van der Waals surface area contributed by atoms with E-state index >= 15 is 0 Å². The Bertz CT molecular complexity index is 1650. The third-order valence-electron chi connectivity index (χ3n) is 8.50. The van der Waals surface area contributed by atoms with Crippen LogP contribution in [-0.4, -0.2) is 61.1 Å². The molecule has 1 atom stereocenters. The number of carbonyl (C=O) groups excluding carboxylic acids is 1. The highest BCUT2D eigenvalue weighted by Gasteiger charge is 2.37. The summed E-state index contributed by atoms with van der Waals surface area (Å²) >= 11 is 0. The fourth-order valence-electron chi connectivity index (χ4n) is 6.36. The van der Waals surface area contributed by atoms with Crippen LogP contribution in [0.15, 0.2) is 55.1 Å². The first-order chi connectivity index (χ1) is 20.1. The van der Waals surface area contributed by atoms with Crippen LogP contribution in [0.2, 0.25) is 0 Å². The van der Waals surface area contributed by atoms with Gasteiger partial charge in [-0.1, -0.05) is 43.0 Å². The van der Waals surface area contributed by atoms with E-state index in [1.165, 1.54) is 16.8 Å². The van der Waals surface area contributed by atoms with Gasteiger partial charge in [-0.05, 0) is 29.5 Å². The van der Waals surface area contributed by atoms with Crippen LogP contribution in [0.4, 0.5) is 17.3 Å². The zero-order valence-electron chi connectivity index (χ0n) is 22.8. The van der Waals surface area contributed by atoms with Crippen molar-refractivity contribution < 1.29 is 4.79 Å². The lowest BCUT2D eigenvalue weighted by molar-refractivity contribution is -0.128. The first-order valence-electron chi connectivity index (χ1n) is 13.9. The van der Waals surface area contributed by atoms with Crippen LogP contribution in [0, 0.1) is 39.9 Å². The fourth-order valence-corrected chi connectivity index (χ4v) is 6.36. The number of rotatable bonds is 5. The van der Waals surface area contributed by atoms with E-state index in [1.54, 1.807) is 4.90 Å². The van der Waals surface area contributed by atoms with Crippen LogP contribution < -0.4 is 14.7 Å². The molecule has 41 heavy (non-hydrogen) atoms. The number of fused-ring (bicyclic) bond motifs is 2. The minimum absolute atomic E-state index is 0.0801. The summed E-state index contributed by atoms with van der Waals surface area (Å²) in [6.45, 7) is 7.57. The van der Waals surface area contributed by atoms with E-state index in [4.69, 9.17) is 4.98 Å². The standard InChI is InChI=1S/C32H30N8O/c1-2-30(41)40-15-14-38(20-24(40)10-12-33)31-26-11-13-37(29-9-5-7-23-6-3-4-8-25(23)29)21-28(26)27(17-35)32(36-31)39-18-22(16-34)19-39/h2-9,22,24H,1,10-11,13-15,18-21H2/t24-/m1/s1. The summed E-state index contributed by atoms with van der Waals surface area (Å²) in [6.07, 6.45) is 2.23. The molecule has 9 nitrogen and oxygen atoms in total. The fraction of sp³-hybridized carbons (Fsp3) is 0.344. The van der Waals surface area contributed by atoms with Gasteiger partial charge in [0.1, 0.15) is 17.7 Å². The molecule has 204 valence electrons. The summed E-state index contributed by atoms with van der Waals surface area (Å²) in [5.41, 5.74) is 3.72. The Labute approximate surface area is 239 Å². The van der Waals surface area contributed by atoms with Crippen LogP contribution in [0.1, 0.15) is 23.1 Å². The van der Waals surface area contributed by atoms with E-state index < -0.39 is 0 Å². The zero-order chi connectivity index (χ0) is 28.5. The van der Waals surface area contributed by atoms with Crippen LogP contribution >= 0.6 is 0 Å². The van der Waals surface area contributed by atoms with Gasteiger partial charge in [-0.15, -0.1) is 0 Å². The maximum Gasteiger partial charge on any atom is 0.246 e. The summed E-state index contributed by atoms with van der Waals surface area (Å²) in [7, 11) is 0. The van der Waals surface area contributed by atoms with E-state index in [2.05, 4.69) is 71.0 Å². The number of anilines is 3. The number of amides is 1. The van der Waals surface area contributed by atoms with Crippen molar-refractivity contribution in [2.24, 2.45) is 5.92 Å². The van der Waals surface area contributed by atoms with Gasteiger partial charge in [0, 0.05) is 62.5 Å². The van der Waals surface area contributed by atoms with Crippen molar-refractivity contribution in [2.75, 3.05) is 54.0 Å². The number of carbonyl (C=O) groups is 1. The normalized spacial score (nSPS) is 18.6. The Morgan fingerprint density at radius 3 is 2.51 bits per heavy atom. The van der Waals surface area contributed by atoms with Crippen LogP contribution in [0.5, 0.6) is 0 Å². The third kappa shape index (κ3) is 4.58. The maximum atomic E-state index is 12.5. The molecule has 1 aromatic heterocycles. The lowest BCUT2D eigenvalue weighted by Gasteiger charge is -2.44. The summed E-state index contributed by atoms with van der Waals surface area (Å²) < 4.78 is 0. The SMILES string of the molecule is C=CC(=O)N1CCN(c2nc(N3CC(C#N)C3)c(C#N)c3c2CCN(c2cccc4ccccc24)C3)C[C@H]1CC#N. The predicted octanol–water partition coefficient (Wildman–Crippen LogP) is 3.75. The van der Waals surface area contributed by atoms with E-state index in [9.17, 15) is 20.6 Å². The molecule has 2 aromatic carbocycles. The van der Waals surface area contributed by atoms with Crippen molar-refractivity contribution in [1.29, 1.82) is 15.8 Å². The molecule has 0 N–H and O–H groups in total. The van der Waals surface area contributed by atoms with Gasteiger partial charge in [0.2, 0.25) is 5.91 Å². The van der Waals surface area contributed by atoms with E-state index in [0.717, 1.165) is 29.2 Å². The van der Waals surface area contributed by atoms with Crippen molar-refractivity contribution in [2.45, 2.75) is 25.4 Å². The number of pyridine rings is 1. The lowest BCUT2D eigenvalue weighted by Crippen LogP contribution is -2.55. The van der Waals surface area contributed by atoms with Crippen molar-refractivity contribution in [1.82, 2.24) is 9.88 Å². The predicted molar refractivity (Wildman–Crippen MR) is 157 cm³/mol. The Kier molecular flexibility index (Phi) is 6.91. The molecule has 3 aromatic rings. The molecule has 3 aliphatic heterocycles. The Balaban J connectivity index is 1.42. The summed E-state index contributed by atoms with van der Waals surface area (Å²) in [5, 5.41) is 31.7. The van der Waals surface area contributed by atoms with Gasteiger partial charge in [0.05, 0.1) is 36.1 Å². The number of nitrogens with zero attached hydrogens (tertiary/aromatic N) is 8. The van der Waals surface area contributed by atoms with Gasteiger partial charge in [-0.2, -0.15) is 15.8 Å². The van der Waals surface area contributed by atoms with Gasteiger partial charge >= 0.3 is 0 Å². The molecule has 6 rings (SSSR count). The molecule has 9 heteroatoms. The molecular weight excluding hydrogens is 512 g/mol. The molecule has 3 aliphatic rings. The second kappa shape index (κ2) is 10.8. The average Bonchev–Trinajstić information content (AvgIpc) is 2.99. The number of nitriles is 3. The summed E-state index contributed by atoms with van der Waals surface area (Å²) in [4.78, 5) is 25.9. The highest BCUT2D eigenvalue weighted by atomic mass is 16.2. The molecule has 0 aliphatic carbocycles. The maximum absolute atomic E-state index is 12.5. The number of hydrogen-bond acceptors (Lipinski definition) is 8. The Hall–Kier alpha value is -5.07. The monoisotopic (exact) mass is 542 g/mol. The minimum Gasteiger partial charge on any atom is -0.366 e. The second-order valence-electron chi connectivity index (χ2n) is 10.8. The molecule has 0 unspecified atom stereocenters. The first-order valence-corrected chi connectivity index (χ1v) is 13.9. The number of piperazine rings is 1. The Morgan fingerprint density at radius 1 is 0.951 bits per heavy atom. The van der Waals surface area contributed by atoms with Gasteiger partial charge < -0.3 is 19.6 Å². The molecule has 0 radical (unpaired) electrons. The zero-order valence-corrected chi connectivity index (χ0v) is 22.8. The van der Waals surface area contributed by atoms with E-state index in [0.29, 0.717) is 57.1 Å². The van der Waals surface area contributed by atoms with Crippen LogP contribution in [-0.2, 0) is 17.8 Å². The highest BCUT2D eigenvalue weighted by molar-refractivity contribution is 5.94. The highest BCUT2D eigenvalue weighted by Crippen LogP contribution is 2.40. The summed E-state index contributed by atoms with van der Waals surface area (Å²) in [6, 6.07) is 21.4. The van der Waals surface area contributed by atoms with Gasteiger partial charge in [0.15, 0.2) is 0 Å². The largest absolute Gasteiger partial charge is 0.366 e. The molecular formula is C32H30N8O. The summed E-state index contributed by atoms with van der Waals surface area (Å²) in [5.74, 6) is 1.19. The van der Waals surface area contributed by atoms with Crippen LogP contribution in [0.25, 0.3) is 10.8 Å². The number of benzene rings is 2. The number of aromatic nitrogens is 1. The Morgan fingerprint density at radius 2 is 1.76 bits per heavy atom. The molecule has 0 saturated carbocycles. The molecule has 1 amide bonds. The van der Waals surface area contributed by atoms with Crippen molar-refractivity contribution in [3.8, 4) is 18.2 Å². The average molecular weight is 543 g/mol. The topological polar surface area (TPSA) is 114 Å². The van der Waals surface area contributed by atoms with E-state index in [1.807, 2.05) is 11.0 Å². The lowest BCUT2D eigenvalue weighted by atomic mass is 9.92. The first kappa shape index (κ1) is 26.2. The molecule has 4 heterocycles. The van der Waals surface area contributed by atoms with E-state index in [-0.39, 0.29) is 24.3 Å². The van der Waals surface area contributed by atoms with Crippen LogP contribution in [0.3, 0.4) is 0 Å². The minimum atomic E-state index is -0.279. The molecule has 2 fully saturated rings. The van der Waals surface area contributed by atoms with Gasteiger partial charge in [-0.25, -0.2) is 4.98 Å². The number of hydrogen-bond donors (Lipinski definition) is 0. The van der Waals surface area contributed by atoms with Gasteiger partial charge in [0.25, 0.3) is 0 Å². The quantitative estimate of drug-likeness (QED) is 0.448. The molecule has 0 bridgehead atoms. The second-order valence-corrected chi connectivity index (χ2v) is 10.8. The molecule has 2 saturated heterocycles. The van der Waals surface area contributed by atoms with Crippen molar-refractivity contribution >= 4 is 34.0 Å². The third-order valence-corrected chi connectivity index (χ3v) is 8.50. The van der Waals surface area contributed by atoms with Crippen molar-refractivity contribution in [3.05, 3.63) is 71.8 Å².